The molecule has 0 bridgehead atoms. The molecule has 0 saturated heterocycles. The van der Waals surface area contributed by atoms with Gasteiger partial charge in [0, 0.05) is 32.7 Å². The van der Waals surface area contributed by atoms with Gasteiger partial charge in [-0.1, -0.05) is 30.3 Å². The number of rotatable bonds is 2. The van der Waals surface area contributed by atoms with Crippen molar-refractivity contribution in [1.29, 1.82) is 0 Å². The van der Waals surface area contributed by atoms with Crippen LogP contribution >= 0.6 is 0 Å². The summed E-state index contributed by atoms with van der Waals surface area (Å²) in [6.45, 7) is 0. The van der Waals surface area contributed by atoms with E-state index in [0.29, 0.717) is 11.2 Å². The molecule has 5 heterocycles. The van der Waals surface area contributed by atoms with E-state index in [0.717, 1.165) is 77.4 Å². The van der Waals surface area contributed by atoms with E-state index in [2.05, 4.69) is 32.1 Å². The minimum atomic E-state index is 0.662. The van der Waals surface area contributed by atoms with Crippen molar-refractivity contribution in [2.75, 3.05) is 0 Å². The van der Waals surface area contributed by atoms with Crippen molar-refractivity contribution >= 4 is 66.1 Å². The van der Waals surface area contributed by atoms with Gasteiger partial charge in [-0.25, -0.2) is 19.9 Å². The van der Waals surface area contributed by atoms with E-state index in [1.807, 2.05) is 72.8 Å². The fourth-order valence-electron chi connectivity index (χ4n) is 5.53. The molecular weight excluding hydrogens is 488 g/mol. The van der Waals surface area contributed by atoms with Crippen LogP contribution in [-0.4, -0.2) is 19.9 Å². The molecule has 7 nitrogen and oxygen atoms in total. The smallest absolute Gasteiger partial charge is 0.180 e. The van der Waals surface area contributed by atoms with Gasteiger partial charge in [0.2, 0.25) is 0 Å². The Morgan fingerprint density at radius 3 is 1.64 bits per heavy atom. The zero-order valence-electron chi connectivity index (χ0n) is 20.3. The van der Waals surface area contributed by atoms with E-state index in [1.165, 1.54) is 0 Å². The summed E-state index contributed by atoms with van der Waals surface area (Å²) in [5, 5.41) is 3.94. The highest BCUT2D eigenvalue weighted by molar-refractivity contribution is 6.11. The Labute approximate surface area is 219 Å². The zero-order valence-corrected chi connectivity index (χ0v) is 20.3. The number of para-hydroxylation sites is 2. The average Bonchev–Trinajstić information content (AvgIpc) is 3.67. The maximum Gasteiger partial charge on any atom is 0.180 e. The predicted molar refractivity (Wildman–Crippen MR) is 150 cm³/mol. The molecule has 0 amide bonds. The topological polar surface area (TPSA) is 91.0 Å². The van der Waals surface area contributed by atoms with Gasteiger partial charge in [0.1, 0.15) is 57.4 Å². The van der Waals surface area contributed by atoms with Gasteiger partial charge < -0.3 is 13.3 Å². The summed E-state index contributed by atoms with van der Waals surface area (Å²) in [6, 6.07) is 28.0. The molecule has 0 saturated carbocycles. The molecular formula is C32H16N4O3. The molecule has 4 aromatic carbocycles. The maximum absolute atomic E-state index is 6.28. The summed E-state index contributed by atoms with van der Waals surface area (Å²) in [7, 11) is 0. The van der Waals surface area contributed by atoms with Crippen LogP contribution in [0.2, 0.25) is 0 Å². The van der Waals surface area contributed by atoms with Crippen LogP contribution in [0.3, 0.4) is 0 Å². The Bertz CT molecular complexity index is 2410. The molecule has 0 aliphatic carbocycles. The number of hydrogen-bond donors (Lipinski definition) is 0. The Balaban J connectivity index is 1.22. The molecule has 0 aliphatic rings. The predicted octanol–water partition coefficient (Wildman–Crippen LogP) is 8.30. The lowest BCUT2D eigenvalue weighted by atomic mass is 10.0. The summed E-state index contributed by atoms with van der Waals surface area (Å²) in [4.78, 5) is 18.1. The van der Waals surface area contributed by atoms with E-state index >= 15 is 0 Å². The second-order valence-corrected chi connectivity index (χ2v) is 9.52. The Morgan fingerprint density at radius 1 is 0.410 bits per heavy atom. The van der Waals surface area contributed by atoms with Crippen LogP contribution in [0.5, 0.6) is 0 Å². The lowest BCUT2D eigenvalue weighted by Crippen LogP contribution is -1.87. The van der Waals surface area contributed by atoms with Crippen LogP contribution in [0.25, 0.3) is 88.6 Å². The maximum atomic E-state index is 6.28. The van der Waals surface area contributed by atoms with Crippen molar-refractivity contribution in [3.05, 3.63) is 97.6 Å². The average molecular weight is 505 g/mol. The van der Waals surface area contributed by atoms with Gasteiger partial charge >= 0.3 is 0 Å². The third kappa shape index (κ3) is 2.86. The van der Waals surface area contributed by atoms with E-state index in [1.54, 1.807) is 12.7 Å². The summed E-state index contributed by atoms with van der Waals surface area (Å²) in [5.74, 6) is 0. The Hall–Kier alpha value is -5.56. The van der Waals surface area contributed by atoms with Crippen LogP contribution in [-0.2, 0) is 0 Å². The summed E-state index contributed by atoms with van der Waals surface area (Å²) >= 11 is 0. The first-order valence-corrected chi connectivity index (χ1v) is 12.5. The van der Waals surface area contributed by atoms with Gasteiger partial charge in [-0.2, -0.15) is 0 Å². The highest BCUT2D eigenvalue weighted by Gasteiger charge is 2.18. The molecule has 0 fully saturated rings. The van der Waals surface area contributed by atoms with Crippen LogP contribution in [0.1, 0.15) is 0 Å². The minimum Gasteiger partial charge on any atom is -0.456 e. The third-order valence-electron chi connectivity index (χ3n) is 7.33. The van der Waals surface area contributed by atoms with Gasteiger partial charge in [-0.05, 0) is 54.6 Å². The zero-order chi connectivity index (χ0) is 25.5. The Morgan fingerprint density at radius 2 is 0.974 bits per heavy atom. The van der Waals surface area contributed by atoms with Crippen molar-refractivity contribution in [2.24, 2.45) is 0 Å². The molecule has 0 N–H and O–H groups in total. The lowest BCUT2D eigenvalue weighted by molar-refractivity contribution is 0.665. The van der Waals surface area contributed by atoms with Crippen molar-refractivity contribution in [1.82, 2.24) is 19.9 Å². The van der Waals surface area contributed by atoms with Crippen LogP contribution in [0, 0.1) is 0 Å². The molecule has 182 valence electrons. The van der Waals surface area contributed by atoms with E-state index in [-0.39, 0.29) is 0 Å². The van der Waals surface area contributed by atoms with Gasteiger partial charge in [-0.15, -0.1) is 0 Å². The summed E-state index contributed by atoms with van der Waals surface area (Å²) in [6.07, 6.45) is 3.17. The molecule has 7 heteroatoms. The number of benzene rings is 4. The quantitative estimate of drug-likeness (QED) is 0.234. The SMILES string of the molecule is c1ccc2c(c1)oc1c(-c3ccc4c(c3)oc3ccc(-c5ncnc6c5oc5ccccc56)cc34)ncnc12. The number of nitrogens with zero attached hydrogens (tertiary/aromatic N) is 4. The third-order valence-corrected chi connectivity index (χ3v) is 7.33. The second-order valence-electron chi connectivity index (χ2n) is 9.52. The highest BCUT2D eigenvalue weighted by Crippen LogP contribution is 2.39. The highest BCUT2D eigenvalue weighted by atomic mass is 16.3. The molecule has 0 spiro atoms. The number of furan rings is 3. The number of aromatic nitrogens is 4. The molecule has 39 heavy (non-hydrogen) atoms. The largest absolute Gasteiger partial charge is 0.456 e. The molecule has 0 atom stereocenters. The van der Waals surface area contributed by atoms with E-state index < -0.39 is 0 Å². The van der Waals surface area contributed by atoms with Crippen molar-refractivity contribution in [3.63, 3.8) is 0 Å². The van der Waals surface area contributed by atoms with Gasteiger partial charge in [0.15, 0.2) is 11.2 Å². The minimum absolute atomic E-state index is 0.662. The van der Waals surface area contributed by atoms with Gasteiger partial charge in [0.25, 0.3) is 0 Å². The summed E-state index contributed by atoms with van der Waals surface area (Å²) in [5.41, 5.74) is 9.37. The van der Waals surface area contributed by atoms with Crippen LogP contribution < -0.4 is 0 Å². The fraction of sp³-hybridized carbons (Fsp3) is 0. The molecule has 0 aliphatic heterocycles. The summed E-state index contributed by atoms with van der Waals surface area (Å²) < 4.78 is 18.6. The number of hydrogen-bond acceptors (Lipinski definition) is 7. The van der Waals surface area contributed by atoms with Crippen molar-refractivity contribution in [2.45, 2.75) is 0 Å². The standard InChI is InChI=1S/C32H16N4O3/c1-3-7-23-20(5-1)29-31(38-23)27(33-15-35-29)17-10-12-25-22(13-17)19-11-9-18(14-26(19)37-25)28-32-30(36-16-34-28)21-6-2-4-8-24(21)39-32/h1-16H. The first-order valence-electron chi connectivity index (χ1n) is 12.5. The van der Waals surface area contributed by atoms with Gasteiger partial charge in [0.05, 0.1) is 0 Å². The molecule has 0 unspecified atom stereocenters. The van der Waals surface area contributed by atoms with E-state index in [4.69, 9.17) is 13.3 Å². The van der Waals surface area contributed by atoms with Crippen molar-refractivity contribution in [3.8, 4) is 22.5 Å². The van der Waals surface area contributed by atoms with Crippen LogP contribution in [0.15, 0.2) is 111 Å². The number of fused-ring (bicyclic) bond motifs is 9. The van der Waals surface area contributed by atoms with Crippen LogP contribution in [0.4, 0.5) is 0 Å². The van der Waals surface area contributed by atoms with E-state index in [9.17, 15) is 0 Å². The van der Waals surface area contributed by atoms with Crippen molar-refractivity contribution < 1.29 is 13.3 Å². The first kappa shape index (κ1) is 20.5. The normalized spacial score (nSPS) is 12.1. The lowest BCUT2D eigenvalue weighted by Gasteiger charge is -2.02. The molecule has 0 radical (unpaired) electrons. The molecule has 5 aromatic heterocycles. The fourth-order valence-corrected chi connectivity index (χ4v) is 5.53. The Kier molecular flexibility index (Phi) is 3.93. The first-order chi connectivity index (χ1) is 19.3. The monoisotopic (exact) mass is 504 g/mol. The van der Waals surface area contributed by atoms with Gasteiger partial charge in [-0.3, -0.25) is 0 Å². The second kappa shape index (κ2) is 7.49. The molecule has 9 rings (SSSR count). The molecule has 9 aromatic rings.